The molecule has 0 amide bonds. The van der Waals surface area contributed by atoms with Crippen LogP contribution in [0.25, 0.3) is 97.9 Å². The maximum Gasteiger partial charge on any atom is 0.161 e. The molecular weight excluding hydrogens is 653 g/mol. The summed E-state index contributed by atoms with van der Waals surface area (Å²) in [5.41, 5.74) is 10.9. The van der Waals surface area contributed by atoms with E-state index in [4.69, 9.17) is 14.7 Å². The van der Waals surface area contributed by atoms with Crippen molar-refractivity contribution in [3.05, 3.63) is 170 Å². The lowest BCUT2D eigenvalue weighted by atomic mass is 9.91. The predicted molar refractivity (Wildman–Crippen MR) is 217 cm³/mol. The van der Waals surface area contributed by atoms with Crippen molar-refractivity contribution in [3.63, 3.8) is 0 Å². The third kappa shape index (κ3) is 4.58. The summed E-state index contributed by atoms with van der Waals surface area (Å²) in [7, 11) is 0. The van der Waals surface area contributed by atoms with Crippen LogP contribution >= 0.6 is 11.3 Å². The van der Waals surface area contributed by atoms with E-state index < -0.39 is 0 Å². The van der Waals surface area contributed by atoms with E-state index in [1.165, 1.54) is 26.6 Å². The topological polar surface area (TPSA) is 35.0 Å². The fourth-order valence-corrected chi connectivity index (χ4v) is 8.89. The van der Waals surface area contributed by atoms with Gasteiger partial charge in [0.05, 0.1) is 15.9 Å². The Morgan fingerprint density at radius 1 is 0.423 bits per heavy atom. The van der Waals surface area contributed by atoms with Crippen molar-refractivity contribution in [2.45, 2.75) is 0 Å². The van der Waals surface area contributed by atoms with Crippen LogP contribution in [0.15, 0.2) is 170 Å². The zero-order valence-electron chi connectivity index (χ0n) is 27.9. The Morgan fingerprint density at radius 3 is 1.98 bits per heavy atom. The van der Waals surface area contributed by atoms with E-state index in [0.717, 1.165) is 76.9 Å². The van der Waals surface area contributed by atoms with Crippen LogP contribution in [0.3, 0.4) is 0 Å². The van der Waals surface area contributed by atoms with Crippen molar-refractivity contribution < 1.29 is 4.74 Å². The fourth-order valence-electron chi connectivity index (χ4n) is 7.73. The van der Waals surface area contributed by atoms with Gasteiger partial charge in [-0.2, -0.15) is 0 Å². The minimum Gasteiger partial charge on any atom is -0.456 e. The maximum atomic E-state index is 6.71. The number of benzene rings is 8. The summed E-state index contributed by atoms with van der Waals surface area (Å²) in [6.45, 7) is 0. The number of ether oxygens (including phenoxy) is 1. The van der Waals surface area contributed by atoms with Crippen LogP contribution in [-0.2, 0) is 0 Å². The Hall–Kier alpha value is -6.62. The summed E-state index contributed by atoms with van der Waals surface area (Å²) in [4.78, 5) is 10.5. The smallest absolute Gasteiger partial charge is 0.161 e. The van der Waals surface area contributed by atoms with Crippen LogP contribution in [0.4, 0.5) is 0 Å². The normalized spacial score (nSPS) is 12.0. The number of hydrogen-bond acceptors (Lipinski definition) is 4. The lowest BCUT2D eigenvalue weighted by Crippen LogP contribution is -2.00. The third-order valence-corrected chi connectivity index (χ3v) is 11.5. The van der Waals surface area contributed by atoms with Crippen molar-refractivity contribution in [3.8, 4) is 67.5 Å². The van der Waals surface area contributed by atoms with Gasteiger partial charge in [0.15, 0.2) is 5.82 Å². The van der Waals surface area contributed by atoms with Gasteiger partial charge in [0.25, 0.3) is 0 Å². The van der Waals surface area contributed by atoms with Crippen molar-refractivity contribution in [2.24, 2.45) is 0 Å². The summed E-state index contributed by atoms with van der Waals surface area (Å²) < 4.78 is 9.02. The van der Waals surface area contributed by atoms with Crippen LogP contribution in [0.5, 0.6) is 11.5 Å². The SMILES string of the molecule is c1ccc(-c2nc(-c3ccc4c5c(cccc35)-c3ccc(-c5ccc(-c6ccc7ccccc7c6)cc5)cc3O4)nc3c2sc2ccccc23)cc1. The van der Waals surface area contributed by atoms with Crippen molar-refractivity contribution >= 4 is 53.2 Å². The van der Waals surface area contributed by atoms with E-state index in [1.54, 1.807) is 11.3 Å². The second-order valence-electron chi connectivity index (χ2n) is 13.3. The number of nitrogens with zero attached hydrogens (tertiary/aromatic N) is 2. The number of rotatable bonds is 4. The molecule has 0 N–H and O–H groups in total. The van der Waals surface area contributed by atoms with E-state index in [0.29, 0.717) is 5.82 Å². The molecule has 2 aromatic heterocycles. The van der Waals surface area contributed by atoms with Gasteiger partial charge in [0.2, 0.25) is 0 Å². The molecule has 52 heavy (non-hydrogen) atoms. The quantitative estimate of drug-likeness (QED) is 0.186. The lowest BCUT2D eigenvalue weighted by Gasteiger charge is -2.23. The largest absolute Gasteiger partial charge is 0.456 e. The van der Waals surface area contributed by atoms with E-state index in [2.05, 4.69) is 164 Å². The molecule has 10 aromatic rings. The third-order valence-electron chi connectivity index (χ3n) is 10.3. The highest BCUT2D eigenvalue weighted by molar-refractivity contribution is 7.26. The zero-order chi connectivity index (χ0) is 34.2. The van der Waals surface area contributed by atoms with Gasteiger partial charge in [-0.05, 0) is 80.4 Å². The highest BCUT2D eigenvalue weighted by atomic mass is 32.1. The number of hydrogen-bond donors (Lipinski definition) is 0. The highest BCUT2D eigenvalue weighted by Gasteiger charge is 2.24. The summed E-state index contributed by atoms with van der Waals surface area (Å²) in [6.07, 6.45) is 0. The molecule has 1 aliphatic heterocycles. The van der Waals surface area contributed by atoms with Gasteiger partial charge in [-0.3, -0.25) is 0 Å². The average molecular weight is 681 g/mol. The number of thiophene rings is 1. The Balaban J connectivity index is 1.000. The molecule has 4 heteroatoms. The molecule has 0 fully saturated rings. The summed E-state index contributed by atoms with van der Waals surface area (Å²) in [5, 5.41) is 5.82. The fraction of sp³-hybridized carbons (Fsp3) is 0. The number of aromatic nitrogens is 2. The first-order valence-corrected chi connectivity index (χ1v) is 18.3. The zero-order valence-corrected chi connectivity index (χ0v) is 28.7. The molecule has 242 valence electrons. The summed E-state index contributed by atoms with van der Waals surface area (Å²) in [5.74, 6) is 2.42. The monoisotopic (exact) mass is 680 g/mol. The molecule has 0 spiro atoms. The van der Waals surface area contributed by atoms with Gasteiger partial charge >= 0.3 is 0 Å². The van der Waals surface area contributed by atoms with E-state index >= 15 is 0 Å². The molecule has 1 aliphatic rings. The van der Waals surface area contributed by atoms with E-state index in [-0.39, 0.29) is 0 Å². The lowest BCUT2D eigenvalue weighted by molar-refractivity contribution is 0.487. The van der Waals surface area contributed by atoms with Gasteiger partial charge in [-0.1, -0.05) is 133 Å². The number of fused-ring (bicyclic) bond motifs is 6. The minimum atomic E-state index is 0.715. The van der Waals surface area contributed by atoms with Crippen LogP contribution in [0.2, 0.25) is 0 Å². The first-order valence-electron chi connectivity index (χ1n) is 17.5. The highest BCUT2D eigenvalue weighted by Crippen LogP contribution is 2.50. The van der Waals surface area contributed by atoms with Crippen LogP contribution in [0, 0.1) is 0 Å². The van der Waals surface area contributed by atoms with E-state index in [9.17, 15) is 0 Å². The summed E-state index contributed by atoms with van der Waals surface area (Å²) >= 11 is 1.75. The van der Waals surface area contributed by atoms with Crippen LogP contribution in [-0.4, -0.2) is 9.97 Å². The first-order chi connectivity index (χ1) is 25.7. The molecule has 3 nitrogen and oxygen atoms in total. The van der Waals surface area contributed by atoms with Crippen molar-refractivity contribution in [2.75, 3.05) is 0 Å². The molecule has 0 radical (unpaired) electrons. The van der Waals surface area contributed by atoms with Gasteiger partial charge in [0, 0.05) is 32.2 Å². The molecule has 3 heterocycles. The van der Waals surface area contributed by atoms with Gasteiger partial charge in [0.1, 0.15) is 11.5 Å². The van der Waals surface area contributed by atoms with Crippen LogP contribution < -0.4 is 4.74 Å². The second-order valence-corrected chi connectivity index (χ2v) is 14.4. The Morgan fingerprint density at radius 2 is 1.12 bits per heavy atom. The molecule has 0 unspecified atom stereocenters. The molecule has 0 aliphatic carbocycles. The van der Waals surface area contributed by atoms with Gasteiger partial charge in [-0.15, -0.1) is 11.3 Å². The Kier molecular flexibility index (Phi) is 6.42. The van der Waals surface area contributed by atoms with Gasteiger partial charge < -0.3 is 4.74 Å². The first kappa shape index (κ1) is 29.1. The standard InChI is InChI=1S/C48H28N2OS/c1-2-10-32(11-3-1)45-47-46(40-13-6-7-16-43(40)52-47)50-48(49-45)39-25-26-41-44-37(14-8-15-38(39)44)36-24-23-35(28-42(36)51-41)31-19-17-30(18-20-31)34-22-21-29-9-4-5-12-33(29)27-34/h1-28H. The Bertz CT molecular complexity index is 3040. The molecule has 11 rings (SSSR count). The Labute approximate surface area is 304 Å². The van der Waals surface area contributed by atoms with Gasteiger partial charge in [-0.25, -0.2) is 9.97 Å². The molecule has 0 saturated carbocycles. The maximum absolute atomic E-state index is 6.71. The second kappa shape index (κ2) is 11.5. The van der Waals surface area contributed by atoms with E-state index in [1.807, 2.05) is 6.07 Å². The molecule has 0 atom stereocenters. The van der Waals surface area contributed by atoms with Crippen LogP contribution in [0.1, 0.15) is 0 Å². The molecule has 8 aromatic carbocycles. The van der Waals surface area contributed by atoms with Crippen molar-refractivity contribution in [1.82, 2.24) is 9.97 Å². The molecule has 0 bridgehead atoms. The molecule has 0 saturated heterocycles. The minimum absolute atomic E-state index is 0.715. The predicted octanol–water partition coefficient (Wildman–Crippen LogP) is 13.6. The average Bonchev–Trinajstić information content (AvgIpc) is 3.59. The summed E-state index contributed by atoms with van der Waals surface area (Å²) in [6, 6.07) is 60.2. The van der Waals surface area contributed by atoms with Crippen molar-refractivity contribution in [1.29, 1.82) is 0 Å². The molecular formula is C48H28N2OS.